The topological polar surface area (TPSA) is 71.0 Å². The first kappa shape index (κ1) is 19.8. The van der Waals surface area contributed by atoms with E-state index in [1.807, 2.05) is 0 Å². The lowest BCUT2D eigenvalue weighted by atomic mass is 9.90. The van der Waals surface area contributed by atoms with E-state index in [4.69, 9.17) is 14.6 Å². The number of rotatable bonds is 14. The molecule has 5 nitrogen and oxygen atoms in total. The van der Waals surface area contributed by atoms with Crippen LogP contribution in [0.5, 0.6) is 0 Å². The highest BCUT2D eigenvalue weighted by molar-refractivity contribution is 4.72. The number of hydrogen-bond acceptors (Lipinski definition) is 5. The Kier molecular flexibility index (Phi) is 12.4. The average molecular weight is 291 g/mol. The zero-order valence-electron chi connectivity index (χ0n) is 13.4. The van der Waals surface area contributed by atoms with Crippen LogP contribution in [0.2, 0.25) is 0 Å². The summed E-state index contributed by atoms with van der Waals surface area (Å²) in [6, 6.07) is 0. The second-order valence-electron chi connectivity index (χ2n) is 5.96. The van der Waals surface area contributed by atoms with Gasteiger partial charge in [-0.3, -0.25) is 0 Å². The molecule has 0 aromatic carbocycles. The summed E-state index contributed by atoms with van der Waals surface area (Å²) in [4.78, 5) is 0. The summed E-state index contributed by atoms with van der Waals surface area (Å²) in [6.45, 7) is 9.99. The van der Waals surface area contributed by atoms with E-state index in [0.717, 1.165) is 32.4 Å². The summed E-state index contributed by atoms with van der Waals surface area (Å²) < 4.78 is 10.7. The first-order valence-corrected chi connectivity index (χ1v) is 7.67. The number of unbranched alkanes of at least 4 members (excludes halogenated alkanes) is 1. The Balaban J connectivity index is 3.39. The third-order valence-electron chi connectivity index (χ3n) is 3.10. The van der Waals surface area contributed by atoms with Crippen molar-refractivity contribution < 1.29 is 19.7 Å². The molecule has 5 heteroatoms. The van der Waals surface area contributed by atoms with E-state index in [-0.39, 0.29) is 12.0 Å². The SMILES string of the molecule is CCCCOCCOCC(O)CNCC(C)(C)CCO. The molecule has 0 saturated heterocycles. The fraction of sp³-hybridized carbons (Fsp3) is 1.00. The van der Waals surface area contributed by atoms with Crippen LogP contribution in [-0.4, -0.2) is 62.4 Å². The van der Waals surface area contributed by atoms with Crippen molar-refractivity contribution in [2.45, 2.75) is 46.1 Å². The summed E-state index contributed by atoms with van der Waals surface area (Å²) >= 11 is 0. The molecule has 0 bridgehead atoms. The van der Waals surface area contributed by atoms with Crippen molar-refractivity contribution in [1.82, 2.24) is 5.32 Å². The monoisotopic (exact) mass is 291 g/mol. The van der Waals surface area contributed by atoms with Crippen molar-refractivity contribution in [1.29, 1.82) is 0 Å². The van der Waals surface area contributed by atoms with Crippen LogP contribution in [0.15, 0.2) is 0 Å². The van der Waals surface area contributed by atoms with Gasteiger partial charge in [0.25, 0.3) is 0 Å². The van der Waals surface area contributed by atoms with Crippen molar-refractivity contribution in [3.8, 4) is 0 Å². The van der Waals surface area contributed by atoms with E-state index in [2.05, 4.69) is 26.1 Å². The number of aliphatic hydroxyl groups is 2. The molecule has 0 aliphatic heterocycles. The lowest BCUT2D eigenvalue weighted by molar-refractivity contribution is 0.00329. The quantitative estimate of drug-likeness (QED) is 0.419. The van der Waals surface area contributed by atoms with Gasteiger partial charge in [-0.25, -0.2) is 0 Å². The molecule has 20 heavy (non-hydrogen) atoms. The molecule has 0 spiro atoms. The lowest BCUT2D eigenvalue weighted by Gasteiger charge is -2.24. The number of nitrogens with one attached hydrogen (secondary N) is 1. The van der Waals surface area contributed by atoms with E-state index in [1.54, 1.807) is 0 Å². The molecule has 0 fully saturated rings. The third-order valence-corrected chi connectivity index (χ3v) is 3.10. The third kappa shape index (κ3) is 12.8. The van der Waals surface area contributed by atoms with Gasteiger partial charge in [0, 0.05) is 26.3 Å². The Morgan fingerprint density at radius 2 is 1.85 bits per heavy atom. The average Bonchev–Trinajstić information content (AvgIpc) is 2.37. The van der Waals surface area contributed by atoms with E-state index in [0.29, 0.717) is 26.4 Å². The molecule has 0 aromatic rings. The van der Waals surface area contributed by atoms with Crippen LogP contribution in [0.4, 0.5) is 0 Å². The van der Waals surface area contributed by atoms with E-state index >= 15 is 0 Å². The largest absolute Gasteiger partial charge is 0.396 e. The lowest BCUT2D eigenvalue weighted by Crippen LogP contribution is -2.37. The Morgan fingerprint density at radius 1 is 1.15 bits per heavy atom. The highest BCUT2D eigenvalue weighted by Crippen LogP contribution is 2.17. The van der Waals surface area contributed by atoms with Crippen LogP contribution in [0.1, 0.15) is 40.0 Å². The molecule has 0 saturated carbocycles. The van der Waals surface area contributed by atoms with E-state index in [1.165, 1.54) is 0 Å². The molecule has 1 unspecified atom stereocenters. The number of hydrogen-bond donors (Lipinski definition) is 3. The van der Waals surface area contributed by atoms with Crippen LogP contribution >= 0.6 is 0 Å². The first-order chi connectivity index (χ1) is 9.52. The van der Waals surface area contributed by atoms with Crippen LogP contribution in [0.3, 0.4) is 0 Å². The standard InChI is InChI=1S/C15H33NO4/c1-4-5-8-19-9-10-20-12-14(18)11-16-13-15(2,3)6-7-17/h14,16-18H,4-13H2,1-3H3. The maximum absolute atomic E-state index is 9.74. The Morgan fingerprint density at radius 3 is 2.50 bits per heavy atom. The van der Waals surface area contributed by atoms with Crippen molar-refractivity contribution in [2.75, 3.05) is 46.1 Å². The minimum Gasteiger partial charge on any atom is -0.396 e. The minimum absolute atomic E-state index is 0.0441. The van der Waals surface area contributed by atoms with Gasteiger partial charge < -0.3 is 25.0 Å². The molecule has 0 aliphatic carbocycles. The normalized spacial score (nSPS) is 13.7. The van der Waals surface area contributed by atoms with E-state index in [9.17, 15) is 5.11 Å². The van der Waals surface area contributed by atoms with Gasteiger partial charge >= 0.3 is 0 Å². The minimum atomic E-state index is -0.504. The molecule has 0 amide bonds. The van der Waals surface area contributed by atoms with Gasteiger partial charge in [0.2, 0.25) is 0 Å². The smallest absolute Gasteiger partial charge is 0.0897 e. The summed E-state index contributed by atoms with van der Waals surface area (Å²) in [5, 5.41) is 21.9. The van der Waals surface area contributed by atoms with E-state index < -0.39 is 6.10 Å². The molecule has 0 rings (SSSR count). The second kappa shape index (κ2) is 12.5. The van der Waals surface area contributed by atoms with Gasteiger partial charge in [0.05, 0.1) is 25.9 Å². The second-order valence-corrected chi connectivity index (χ2v) is 5.96. The predicted molar refractivity (Wildman–Crippen MR) is 80.9 cm³/mol. The van der Waals surface area contributed by atoms with Crippen LogP contribution in [0, 0.1) is 5.41 Å². The van der Waals surface area contributed by atoms with Crippen LogP contribution in [0.25, 0.3) is 0 Å². The molecule has 0 aromatic heterocycles. The molecular formula is C15H33NO4. The van der Waals surface area contributed by atoms with Crippen LogP contribution < -0.4 is 5.32 Å². The number of ether oxygens (including phenoxy) is 2. The van der Waals surface area contributed by atoms with Crippen LogP contribution in [-0.2, 0) is 9.47 Å². The maximum Gasteiger partial charge on any atom is 0.0897 e. The number of aliphatic hydroxyl groups excluding tert-OH is 2. The molecule has 122 valence electrons. The Bertz CT molecular complexity index is 212. The molecule has 0 heterocycles. The highest BCUT2D eigenvalue weighted by Gasteiger charge is 2.17. The van der Waals surface area contributed by atoms with Crippen molar-refractivity contribution in [2.24, 2.45) is 5.41 Å². The van der Waals surface area contributed by atoms with Crippen molar-refractivity contribution in [3.05, 3.63) is 0 Å². The van der Waals surface area contributed by atoms with Crippen molar-refractivity contribution >= 4 is 0 Å². The van der Waals surface area contributed by atoms with Gasteiger partial charge in [-0.15, -0.1) is 0 Å². The van der Waals surface area contributed by atoms with Gasteiger partial charge in [-0.1, -0.05) is 27.2 Å². The van der Waals surface area contributed by atoms with Gasteiger partial charge in [0.1, 0.15) is 0 Å². The molecule has 0 aliphatic rings. The predicted octanol–water partition coefficient (Wildman–Crippen LogP) is 1.18. The van der Waals surface area contributed by atoms with Gasteiger partial charge in [-0.2, -0.15) is 0 Å². The zero-order chi connectivity index (χ0) is 15.3. The molecular weight excluding hydrogens is 258 g/mol. The fourth-order valence-corrected chi connectivity index (χ4v) is 1.71. The summed E-state index contributed by atoms with van der Waals surface area (Å²) in [7, 11) is 0. The Hall–Kier alpha value is -0.200. The van der Waals surface area contributed by atoms with Gasteiger partial charge in [0.15, 0.2) is 0 Å². The zero-order valence-corrected chi connectivity index (χ0v) is 13.4. The summed E-state index contributed by atoms with van der Waals surface area (Å²) in [6.07, 6.45) is 2.46. The fourth-order valence-electron chi connectivity index (χ4n) is 1.71. The summed E-state index contributed by atoms with van der Waals surface area (Å²) in [5.41, 5.74) is 0.0441. The summed E-state index contributed by atoms with van der Waals surface area (Å²) in [5.74, 6) is 0. The molecule has 3 N–H and O–H groups in total. The van der Waals surface area contributed by atoms with Gasteiger partial charge in [-0.05, 0) is 18.3 Å². The molecule has 1 atom stereocenters. The highest BCUT2D eigenvalue weighted by atomic mass is 16.5. The van der Waals surface area contributed by atoms with Crippen molar-refractivity contribution in [3.63, 3.8) is 0 Å². The Labute approximate surface area is 123 Å². The maximum atomic E-state index is 9.74. The first-order valence-electron chi connectivity index (χ1n) is 7.67. The molecule has 0 radical (unpaired) electrons.